The van der Waals surface area contributed by atoms with E-state index in [-0.39, 0.29) is 11.9 Å². The molecule has 0 radical (unpaired) electrons. The molecule has 0 rings (SSSR count). The van der Waals surface area contributed by atoms with Crippen molar-refractivity contribution in [2.75, 3.05) is 0 Å². The molecular formula is C20H40O4Sn. The maximum absolute atomic E-state index is 11.6. The van der Waals surface area contributed by atoms with Crippen molar-refractivity contribution < 1.29 is 15.7 Å². The van der Waals surface area contributed by atoms with Crippen molar-refractivity contribution in [2.45, 2.75) is 102 Å². The van der Waals surface area contributed by atoms with Crippen LogP contribution >= 0.6 is 0 Å². The van der Waals surface area contributed by atoms with E-state index in [0.29, 0.717) is 0 Å². The van der Waals surface area contributed by atoms with Gasteiger partial charge in [-0.1, -0.05) is 0 Å². The second-order valence-corrected chi connectivity index (χ2v) is 17.3. The van der Waals surface area contributed by atoms with Crippen LogP contribution in [0.4, 0.5) is 0 Å². The molecule has 25 heavy (non-hydrogen) atoms. The fourth-order valence-electron chi connectivity index (χ4n) is 3.12. The van der Waals surface area contributed by atoms with Crippen LogP contribution in [0.1, 0.15) is 92.9 Å². The Labute approximate surface area is 160 Å². The number of hydrogen-bond donors (Lipinski definition) is 0. The average Bonchev–Trinajstić information content (AvgIpc) is 2.44. The van der Waals surface area contributed by atoms with Crippen LogP contribution in [0.3, 0.4) is 0 Å². The summed E-state index contributed by atoms with van der Waals surface area (Å²) in [4.78, 5) is 23.3. The fourth-order valence-corrected chi connectivity index (χ4v) is 12.6. The van der Waals surface area contributed by atoms with Gasteiger partial charge in [-0.3, -0.25) is 0 Å². The van der Waals surface area contributed by atoms with Gasteiger partial charge in [-0.25, -0.2) is 0 Å². The third kappa shape index (κ3) is 14.6. The SMILES string of the molecule is CC(=O)[O][Sn]([CH2]CCCCC(C)C)([CH2]CCCCC(C)C)[O]C(C)=O. The second-order valence-electron chi connectivity index (χ2n) is 8.08. The van der Waals surface area contributed by atoms with Crippen LogP contribution in [0.15, 0.2) is 0 Å². The molecule has 0 aromatic carbocycles. The topological polar surface area (TPSA) is 52.6 Å². The summed E-state index contributed by atoms with van der Waals surface area (Å²) >= 11 is -3.65. The van der Waals surface area contributed by atoms with Crippen molar-refractivity contribution in [1.29, 1.82) is 0 Å². The van der Waals surface area contributed by atoms with Crippen molar-refractivity contribution in [3.05, 3.63) is 0 Å². The van der Waals surface area contributed by atoms with Crippen LogP contribution in [-0.4, -0.2) is 31.1 Å². The van der Waals surface area contributed by atoms with E-state index < -0.39 is 19.2 Å². The zero-order valence-electron chi connectivity index (χ0n) is 17.4. The van der Waals surface area contributed by atoms with Crippen LogP contribution in [-0.2, 0) is 15.7 Å². The summed E-state index contributed by atoms with van der Waals surface area (Å²) in [5, 5.41) is 0. The van der Waals surface area contributed by atoms with Gasteiger partial charge in [-0.05, 0) is 0 Å². The zero-order chi connectivity index (χ0) is 19.3. The summed E-state index contributed by atoms with van der Waals surface area (Å²) in [6.45, 7) is 11.8. The molecule has 0 aliphatic carbocycles. The number of unbranched alkanes of at least 4 members (excludes halogenated alkanes) is 4. The molecule has 0 unspecified atom stereocenters. The Hall–Kier alpha value is -0.261. The van der Waals surface area contributed by atoms with Crippen molar-refractivity contribution in [3.8, 4) is 0 Å². The van der Waals surface area contributed by atoms with Crippen LogP contribution < -0.4 is 0 Å². The Morgan fingerprint density at radius 3 is 1.32 bits per heavy atom. The molecule has 0 saturated carbocycles. The van der Waals surface area contributed by atoms with Gasteiger partial charge in [-0.2, -0.15) is 0 Å². The summed E-state index contributed by atoms with van der Waals surface area (Å²) in [5.41, 5.74) is 0. The minimum absolute atomic E-state index is 0.290. The summed E-state index contributed by atoms with van der Waals surface area (Å²) in [7, 11) is 0. The van der Waals surface area contributed by atoms with E-state index >= 15 is 0 Å². The summed E-state index contributed by atoms with van der Waals surface area (Å²) in [5.74, 6) is 0.857. The third-order valence-electron chi connectivity index (χ3n) is 4.34. The van der Waals surface area contributed by atoms with Crippen molar-refractivity contribution in [2.24, 2.45) is 11.8 Å². The Kier molecular flexibility index (Phi) is 13.7. The van der Waals surface area contributed by atoms with Gasteiger partial charge >= 0.3 is 160 Å². The number of rotatable bonds is 14. The Bertz CT molecular complexity index is 344. The van der Waals surface area contributed by atoms with Gasteiger partial charge in [0.25, 0.3) is 0 Å². The quantitative estimate of drug-likeness (QED) is 0.235. The molecule has 4 nitrogen and oxygen atoms in total. The first kappa shape index (κ1) is 24.7. The standard InChI is InChI=1S/2C8H17.2C2H4O2.Sn/c2*1-4-5-6-7-8(2)3;2*1-2(3)4;/h2*8H,1,4-7H2,2-3H3;2*1H3,(H,3,4);/q;;;;+2/p-2. The van der Waals surface area contributed by atoms with Crippen molar-refractivity contribution in [1.82, 2.24) is 0 Å². The first-order valence-corrected chi connectivity index (χ1v) is 16.4. The van der Waals surface area contributed by atoms with E-state index in [4.69, 9.17) is 6.15 Å². The molecule has 0 aromatic rings. The second kappa shape index (κ2) is 13.9. The van der Waals surface area contributed by atoms with Crippen LogP contribution in [0, 0.1) is 11.8 Å². The number of carbonyl (C=O) groups excluding carboxylic acids is 2. The third-order valence-corrected chi connectivity index (χ3v) is 14.5. The van der Waals surface area contributed by atoms with Gasteiger partial charge in [0.2, 0.25) is 0 Å². The predicted molar refractivity (Wildman–Crippen MR) is 106 cm³/mol. The Morgan fingerprint density at radius 1 is 0.680 bits per heavy atom. The van der Waals surface area contributed by atoms with Crippen molar-refractivity contribution >= 4 is 31.1 Å². The summed E-state index contributed by atoms with van der Waals surface area (Å²) in [6, 6.07) is 0. The molecule has 0 saturated heterocycles. The Balaban J connectivity index is 4.62. The molecule has 0 atom stereocenters. The van der Waals surface area contributed by atoms with Gasteiger partial charge < -0.3 is 0 Å². The van der Waals surface area contributed by atoms with E-state index in [1.54, 1.807) is 0 Å². The molecular weight excluding hydrogens is 423 g/mol. The molecule has 0 bridgehead atoms. The maximum atomic E-state index is 11.6. The molecule has 0 fully saturated rings. The summed E-state index contributed by atoms with van der Waals surface area (Å²) < 4.78 is 13.1. The van der Waals surface area contributed by atoms with Crippen molar-refractivity contribution in [3.63, 3.8) is 0 Å². The predicted octanol–water partition coefficient (Wildman–Crippen LogP) is 5.99. The van der Waals surface area contributed by atoms with E-state index in [1.807, 2.05) is 0 Å². The van der Waals surface area contributed by atoms with E-state index in [0.717, 1.165) is 46.4 Å². The first-order valence-electron chi connectivity index (χ1n) is 10.1. The molecule has 5 heteroatoms. The monoisotopic (exact) mass is 464 g/mol. The zero-order valence-corrected chi connectivity index (χ0v) is 20.2. The molecule has 0 aliphatic heterocycles. The number of carbonyl (C=O) groups is 2. The Morgan fingerprint density at radius 2 is 1.04 bits per heavy atom. The molecule has 0 heterocycles. The van der Waals surface area contributed by atoms with Gasteiger partial charge in [0.15, 0.2) is 0 Å². The van der Waals surface area contributed by atoms with E-state index in [9.17, 15) is 9.59 Å². The minimum atomic E-state index is -3.65. The van der Waals surface area contributed by atoms with E-state index in [1.165, 1.54) is 39.5 Å². The number of hydrogen-bond acceptors (Lipinski definition) is 4. The first-order chi connectivity index (χ1) is 11.7. The van der Waals surface area contributed by atoms with Crippen LogP contribution in [0.2, 0.25) is 8.87 Å². The molecule has 0 spiro atoms. The van der Waals surface area contributed by atoms with Crippen LogP contribution in [0.25, 0.3) is 0 Å². The van der Waals surface area contributed by atoms with Gasteiger partial charge in [0.1, 0.15) is 0 Å². The summed E-state index contributed by atoms with van der Waals surface area (Å²) in [6.07, 6.45) is 9.05. The van der Waals surface area contributed by atoms with Crippen LogP contribution in [0.5, 0.6) is 0 Å². The molecule has 0 amide bonds. The molecule has 148 valence electrons. The fraction of sp³-hybridized carbons (Fsp3) is 0.900. The molecule has 0 aromatic heterocycles. The molecule has 0 aliphatic rings. The average molecular weight is 463 g/mol. The van der Waals surface area contributed by atoms with Gasteiger partial charge in [0.05, 0.1) is 0 Å². The van der Waals surface area contributed by atoms with Gasteiger partial charge in [-0.15, -0.1) is 0 Å². The normalized spacial score (nSPS) is 11.8. The van der Waals surface area contributed by atoms with E-state index in [2.05, 4.69) is 27.7 Å². The molecule has 0 N–H and O–H groups in total. The van der Waals surface area contributed by atoms with Gasteiger partial charge in [0, 0.05) is 0 Å².